The van der Waals surface area contributed by atoms with Crippen LogP contribution in [0.3, 0.4) is 0 Å². The van der Waals surface area contributed by atoms with Gasteiger partial charge in [0.1, 0.15) is 23.9 Å². The van der Waals surface area contributed by atoms with Gasteiger partial charge in [-0.25, -0.2) is 0 Å². The van der Waals surface area contributed by atoms with Crippen LogP contribution in [-0.2, 0) is 6.42 Å². The Bertz CT molecular complexity index is 716. The van der Waals surface area contributed by atoms with E-state index in [0.717, 1.165) is 26.6 Å². The maximum Gasteiger partial charge on any atom is 0.125 e. The fourth-order valence-electron chi connectivity index (χ4n) is 2.92. The number of aryl methyl sites for hydroxylation is 2. The highest BCUT2D eigenvalue weighted by Crippen LogP contribution is 2.44. The minimum Gasteiger partial charge on any atom is -0.492 e. The maximum absolute atomic E-state index is 10.8. The molecular formula is C17H17NO2S. The summed E-state index contributed by atoms with van der Waals surface area (Å²) in [5.74, 6) is 0.814. The monoisotopic (exact) mass is 299 g/mol. The Kier molecular flexibility index (Phi) is 3.48. The van der Waals surface area contributed by atoms with E-state index in [4.69, 9.17) is 4.74 Å². The summed E-state index contributed by atoms with van der Waals surface area (Å²) < 4.78 is 5.74. The van der Waals surface area contributed by atoms with Gasteiger partial charge in [-0.15, -0.1) is 11.3 Å². The Morgan fingerprint density at radius 3 is 2.81 bits per heavy atom. The van der Waals surface area contributed by atoms with Crippen molar-refractivity contribution in [1.82, 2.24) is 0 Å². The summed E-state index contributed by atoms with van der Waals surface area (Å²) in [7, 11) is 0. The molecule has 108 valence electrons. The second-order valence-corrected chi connectivity index (χ2v) is 7.07. The second kappa shape index (κ2) is 5.18. The highest BCUT2D eigenvalue weighted by Gasteiger charge is 2.44. The van der Waals surface area contributed by atoms with Crippen LogP contribution in [-0.4, -0.2) is 11.7 Å². The Balaban J connectivity index is 1.99. The van der Waals surface area contributed by atoms with E-state index in [1.807, 2.05) is 44.2 Å². The molecule has 0 bridgehead atoms. The largest absolute Gasteiger partial charge is 0.492 e. The third-order valence-corrected chi connectivity index (χ3v) is 5.07. The van der Waals surface area contributed by atoms with Crippen molar-refractivity contribution < 1.29 is 9.84 Å². The molecule has 0 spiro atoms. The second-order valence-electron chi connectivity index (χ2n) is 5.61. The van der Waals surface area contributed by atoms with Crippen LogP contribution in [0.25, 0.3) is 0 Å². The molecule has 1 aromatic carbocycles. The smallest absolute Gasteiger partial charge is 0.125 e. The predicted octanol–water partition coefficient (Wildman–Crippen LogP) is 3.54. The Morgan fingerprint density at radius 1 is 1.38 bits per heavy atom. The topological polar surface area (TPSA) is 53.2 Å². The van der Waals surface area contributed by atoms with Gasteiger partial charge < -0.3 is 9.84 Å². The first-order chi connectivity index (χ1) is 10.1. The number of fused-ring (bicyclic) bond motifs is 1. The first-order valence-electron chi connectivity index (χ1n) is 6.93. The van der Waals surface area contributed by atoms with Crippen LogP contribution >= 0.6 is 11.3 Å². The van der Waals surface area contributed by atoms with Crippen molar-refractivity contribution >= 4 is 11.3 Å². The van der Waals surface area contributed by atoms with Crippen molar-refractivity contribution in [2.75, 3.05) is 6.61 Å². The molecule has 0 amide bonds. The SMILES string of the molecule is Cc1cc(C(O)C2(C#N)COc3ccccc3C2)c(C)s1. The molecule has 3 rings (SSSR count). The third kappa shape index (κ3) is 2.33. The lowest BCUT2D eigenvalue weighted by atomic mass is 9.74. The zero-order chi connectivity index (χ0) is 15.0. The molecule has 1 aromatic heterocycles. The molecule has 4 heteroatoms. The Morgan fingerprint density at radius 2 is 2.14 bits per heavy atom. The molecule has 2 heterocycles. The number of hydrogen-bond acceptors (Lipinski definition) is 4. The van der Waals surface area contributed by atoms with Crippen molar-refractivity contribution in [2.24, 2.45) is 5.41 Å². The molecule has 2 unspecified atom stereocenters. The van der Waals surface area contributed by atoms with Crippen LogP contribution in [0.15, 0.2) is 30.3 Å². The van der Waals surface area contributed by atoms with Gasteiger partial charge in [-0.2, -0.15) is 5.26 Å². The summed E-state index contributed by atoms with van der Waals surface area (Å²) in [6.07, 6.45) is -0.323. The van der Waals surface area contributed by atoms with Crippen molar-refractivity contribution in [3.63, 3.8) is 0 Å². The molecule has 1 aliphatic heterocycles. The number of nitrogens with zero attached hydrogens (tertiary/aromatic N) is 1. The van der Waals surface area contributed by atoms with Gasteiger partial charge in [0, 0.05) is 16.2 Å². The minimum atomic E-state index is -0.924. The summed E-state index contributed by atoms with van der Waals surface area (Å²) in [4.78, 5) is 2.21. The molecule has 0 aliphatic carbocycles. The molecule has 1 aliphatic rings. The number of rotatable bonds is 2. The van der Waals surface area contributed by atoms with Crippen LogP contribution < -0.4 is 4.74 Å². The number of ether oxygens (including phenoxy) is 1. The average molecular weight is 299 g/mol. The highest BCUT2D eigenvalue weighted by atomic mass is 32.1. The number of thiophene rings is 1. The lowest BCUT2D eigenvalue weighted by Gasteiger charge is -2.36. The number of para-hydroxylation sites is 1. The van der Waals surface area contributed by atoms with E-state index >= 15 is 0 Å². The molecule has 0 radical (unpaired) electrons. The Labute approximate surface area is 128 Å². The van der Waals surface area contributed by atoms with Crippen molar-refractivity contribution in [3.05, 3.63) is 51.2 Å². The molecule has 0 saturated heterocycles. The van der Waals surface area contributed by atoms with Crippen LogP contribution in [0.1, 0.15) is 27.0 Å². The zero-order valence-corrected chi connectivity index (χ0v) is 12.9. The first-order valence-corrected chi connectivity index (χ1v) is 7.74. The molecule has 21 heavy (non-hydrogen) atoms. The maximum atomic E-state index is 10.8. The van der Waals surface area contributed by atoms with E-state index in [-0.39, 0.29) is 6.61 Å². The quantitative estimate of drug-likeness (QED) is 0.922. The lowest BCUT2D eigenvalue weighted by molar-refractivity contribution is 0.0171. The third-order valence-electron chi connectivity index (χ3n) is 4.08. The van der Waals surface area contributed by atoms with E-state index in [2.05, 4.69) is 6.07 Å². The molecular weight excluding hydrogens is 282 g/mol. The summed E-state index contributed by atoms with van der Waals surface area (Å²) in [5, 5.41) is 20.5. The number of benzene rings is 1. The normalized spacial score (nSPS) is 22.0. The standard InChI is InChI=1S/C17H17NO2S/c1-11-7-14(12(2)21-11)16(19)17(9-18)8-13-5-3-4-6-15(13)20-10-17/h3-7,16,19H,8,10H2,1-2H3. The van der Waals surface area contributed by atoms with E-state index in [0.29, 0.717) is 6.42 Å². The van der Waals surface area contributed by atoms with Crippen molar-refractivity contribution in [1.29, 1.82) is 5.26 Å². The summed E-state index contributed by atoms with van der Waals surface area (Å²) in [5.41, 5.74) is 0.906. The van der Waals surface area contributed by atoms with E-state index in [1.165, 1.54) is 0 Å². The van der Waals surface area contributed by atoms with Crippen LogP contribution in [0, 0.1) is 30.6 Å². The van der Waals surface area contributed by atoms with Gasteiger partial charge in [0.25, 0.3) is 0 Å². The number of hydrogen-bond donors (Lipinski definition) is 1. The van der Waals surface area contributed by atoms with Gasteiger partial charge in [0.2, 0.25) is 0 Å². The predicted molar refractivity (Wildman–Crippen MR) is 82.4 cm³/mol. The van der Waals surface area contributed by atoms with Gasteiger partial charge in [0.15, 0.2) is 0 Å². The molecule has 2 atom stereocenters. The van der Waals surface area contributed by atoms with Crippen LogP contribution in [0.4, 0.5) is 0 Å². The van der Waals surface area contributed by atoms with Gasteiger partial charge in [-0.3, -0.25) is 0 Å². The van der Waals surface area contributed by atoms with E-state index < -0.39 is 11.5 Å². The fraction of sp³-hybridized carbons (Fsp3) is 0.353. The fourth-order valence-corrected chi connectivity index (χ4v) is 3.87. The number of aliphatic hydroxyl groups excluding tert-OH is 1. The van der Waals surface area contributed by atoms with Crippen LogP contribution in [0.2, 0.25) is 0 Å². The first kappa shape index (κ1) is 14.1. The summed E-state index contributed by atoms with van der Waals surface area (Å²) in [6.45, 7) is 4.22. The van der Waals surface area contributed by atoms with Gasteiger partial charge in [0.05, 0.1) is 6.07 Å². The van der Waals surface area contributed by atoms with E-state index in [1.54, 1.807) is 11.3 Å². The molecule has 3 nitrogen and oxygen atoms in total. The lowest BCUT2D eigenvalue weighted by Crippen LogP contribution is -2.39. The van der Waals surface area contributed by atoms with Crippen LogP contribution in [0.5, 0.6) is 5.75 Å². The molecule has 0 saturated carbocycles. The number of nitriles is 1. The Hall–Kier alpha value is -1.83. The zero-order valence-electron chi connectivity index (χ0n) is 12.1. The molecule has 2 aromatic rings. The van der Waals surface area contributed by atoms with E-state index in [9.17, 15) is 10.4 Å². The summed E-state index contributed by atoms with van der Waals surface area (Å²) in [6, 6.07) is 12.0. The molecule has 1 N–H and O–H groups in total. The molecule has 0 fully saturated rings. The van der Waals surface area contributed by atoms with Crippen molar-refractivity contribution in [2.45, 2.75) is 26.4 Å². The summed E-state index contributed by atoms with van der Waals surface area (Å²) >= 11 is 1.65. The highest BCUT2D eigenvalue weighted by molar-refractivity contribution is 7.12. The minimum absolute atomic E-state index is 0.218. The van der Waals surface area contributed by atoms with Gasteiger partial charge in [-0.05, 0) is 37.1 Å². The van der Waals surface area contributed by atoms with Crippen molar-refractivity contribution in [3.8, 4) is 11.8 Å². The van der Waals surface area contributed by atoms with Gasteiger partial charge >= 0.3 is 0 Å². The number of aliphatic hydroxyl groups is 1. The average Bonchev–Trinajstić information content (AvgIpc) is 2.84. The van der Waals surface area contributed by atoms with Gasteiger partial charge in [-0.1, -0.05) is 18.2 Å².